The maximum atomic E-state index is 12.5. The Morgan fingerprint density at radius 2 is 2.20 bits per heavy atom. The number of imidazole rings is 1. The van der Waals surface area contributed by atoms with Crippen molar-refractivity contribution >= 4 is 11.9 Å². The van der Waals surface area contributed by atoms with Crippen LogP contribution in [0.2, 0.25) is 0 Å². The highest BCUT2D eigenvalue weighted by atomic mass is 16.6. The summed E-state index contributed by atoms with van der Waals surface area (Å²) >= 11 is 0. The van der Waals surface area contributed by atoms with Crippen LogP contribution < -0.4 is 4.74 Å². The number of Topliss-reactive ketones (excluding diaryl/α,β-unsaturated/α-hetero) is 1. The van der Waals surface area contributed by atoms with Crippen molar-refractivity contribution in [3.8, 4) is 6.01 Å². The third kappa shape index (κ3) is 3.47. The zero-order valence-electron chi connectivity index (χ0n) is 14.2. The normalized spacial score (nSPS) is 15.7. The molecule has 6 heteroatoms. The summed E-state index contributed by atoms with van der Waals surface area (Å²) in [6.45, 7) is 6.73. The SMILES string of the molecule is C=CCC1C(=O)Cn2c1cnc2OC(=O)N(CC)Cc1ccccc1. The van der Waals surface area contributed by atoms with E-state index < -0.39 is 6.09 Å². The Morgan fingerprint density at radius 1 is 1.44 bits per heavy atom. The number of hydrogen-bond donors (Lipinski definition) is 0. The molecule has 0 spiro atoms. The number of ketones is 1. The Kier molecular flexibility index (Phi) is 4.97. The average molecular weight is 339 g/mol. The number of carbonyl (C=O) groups is 2. The van der Waals surface area contributed by atoms with E-state index >= 15 is 0 Å². The van der Waals surface area contributed by atoms with Crippen molar-refractivity contribution < 1.29 is 14.3 Å². The third-order valence-corrected chi connectivity index (χ3v) is 4.35. The van der Waals surface area contributed by atoms with Crippen molar-refractivity contribution in [1.82, 2.24) is 14.5 Å². The Bertz CT molecular complexity index is 782. The number of ether oxygens (including phenoxy) is 1. The molecule has 1 atom stereocenters. The molecule has 1 aromatic heterocycles. The van der Waals surface area contributed by atoms with Crippen LogP contribution in [0.25, 0.3) is 0 Å². The molecule has 130 valence electrons. The first kappa shape index (κ1) is 17.0. The van der Waals surface area contributed by atoms with Crippen LogP contribution in [0.4, 0.5) is 4.79 Å². The maximum Gasteiger partial charge on any atom is 0.417 e. The number of aromatic nitrogens is 2. The molecule has 0 N–H and O–H groups in total. The highest BCUT2D eigenvalue weighted by molar-refractivity contribution is 5.88. The Morgan fingerprint density at radius 3 is 2.88 bits per heavy atom. The first-order valence-corrected chi connectivity index (χ1v) is 8.33. The average Bonchev–Trinajstić information content (AvgIpc) is 3.14. The van der Waals surface area contributed by atoms with E-state index in [2.05, 4.69) is 11.6 Å². The van der Waals surface area contributed by atoms with E-state index in [0.29, 0.717) is 19.5 Å². The zero-order chi connectivity index (χ0) is 17.8. The second-order valence-corrected chi connectivity index (χ2v) is 5.96. The lowest BCUT2D eigenvalue weighted by atomic mass is 10.0. The number of carbonyl (C=O) groups excluding carboxylic acids is 2. The lowest BCUT2D eigenvalue weighted by Crippen LogP contribution is -2.33. The summed E-state index contributed by atoms with van der Waals surface area (Å²) in [5, 5.41) is 0. The number of rotatable bonds is 6. The van der Waals surface area contributed by atoms with Crippen LogP contribution in [-0.2, 0) is 17.9 Å². The van der Waals surface area contributed by atoms with E-state index in [1.165, 1.54) is 0 Å². The predicted octanol–water partition coefficient (Wildman–Crippen LogP) is 3.15. The molecule has 3 rings (SSSR count). The van der Waals surface area contributed by atoms with Crippen molar-refractivity contribution in [2.24, 2.45) is 0 Å². The minimum Gasteiger partial charge on any atom is -0.375 e. The van der Waals surface area contributed by atoms with Crippen LogP contribution in [0.1, 0.15) is 30.5 Å². The standard InChI is InChI=1S/C19H21N3O3/c1-3-8-15-16-11-20-18(22(16)13-17(15)23)25-19(24)21(4-2)12-14-9-6-5-7-10-14/h3,5-7,9-11,15H,1,4,8,12-13H2,2H3. The van der Waals surface area contributed by atoms with Crippen molar-refractivity contribution in [2.45, 2.75) is 32.4 Å². The third-order valence-electron chi connectivity index (χ3n) is 4.35. The topological polar surface area (TPSA) is 64.4 Å². The van der Waals surface area contributed by atoms with Crippen molar-refractivity contribution in [3.63, 3.8) is 0 Å². The van der Waals surface area contributed by atoms with Gasteiger partial charge in [0.2, 0.25) is 0 Å². The van der Waals surface area contributed by atoms with Gasteiger partial charge in [-0.05, 0) is 18.9 Å². The summed E-state index contributed by atoms with van der Waals surface area (Å²) in [5.41, 5.74) is 1.80. The van der Waals surface area contributed by atoms with Crippen molar-refractivity contribution in [3.05, 3.63) is 60.4 Å². The number of allylic oxidation sites excluding steroid dienone is 1. The molecule has 6 nitrogen and oxygen atoms in total. The van der Waals surface area contributed by atoms with E-state index in [-0.39, 0.29) is 24.3 Å². The van der Waals surface area contributed by atoms with Gasteiger partial charge in [-0.15, -0.1) is 6.58 Å². The number of benzene rings is 1. The maximum absolute atomic E-state index is 12.5. The number of hydrogen-bond acceptors (Lipinski definition) is 4. The molecule has 0 bridgehead atoms. The van der Waals surface area contributed by atoms with E-state index in [0.717, 1.165) is 11.3 Å². The number of nitrogens with zero attached hydrogens (tertiary/aromatic N) is 3. The first-order chi connectivity index (χ1) is 12.1. The van der Waals surface area contributed by atoms with Gasteiger partial charge in [-0.1, -0.05) is 36.4 Å². The molecule has 0 fully saturated rings. The van der Waals surface area contributed by atoms with Crippen LogP contribution >= 0.6 is 0 Å². The summed E-state index contributed by atoms with van der Waals surface area (Å²) < 4.78 is 7.13. The molecule has 1 aliphatic heterocycles. The van der Waals surface area contributed by atoms with Gasteiger partial charge in [0.25, 0.3) is 0 Å². The molecular weight excluding hydrogens is 318 g/mol. The molecular formula is C19H21N3O3. The van der Waals surface area contributed by atoms with Crippen LogP contribution in [0.3, 0.4) is 0 Å². The summed E-state index contributed by atoms with van der Waals surface area (Å²) in [7, 11) is 0. The smallest absolute Gasteiger partial charge is 0.375 e. The van der Waals surface area contributed by atoms with Gasteiger partial charge < -0.3 is 9.64 Å². The van der Waals surface area contributed by atoms with Gasteiger partial charge in [0, 0.05) is 13.1 Å². The van der Waals surface area contributed by atoms with Crippen LogP contribution in [0.5, 0.6) is 6.01 Å². The quantitative estimate of drug-likeness (QED) is 0.759. The molecule has 1 amide bonds. The van der Waals surface area contributed by atoms with Crippen LogP contribution in [-0.4, -0.2) is 32.9 Å². The second kappa shape index (κ2) is 7.34. The summed E-state index contributed by atoms with van der Waals surface area (Å²) in [4.78, 5) is 30.4. The number of amides is 1. The molecule has 2 heterocycles. The lowest BCUT2D eigenvalue weighted by Gasteiger charge is -2.20. The van der Waals surface area contributed by atoms with Crippen molar-refractivity contribution in [2.75, 3.05) is 6.54 Å². The first-order valence-electron chi connectivity index (χ1n) is 8.33. The van der Waals surface area contributed by atoms with E-state index in [4.69, 9.17) is 4.74 Å². The van der Waals surface area contributed by atoms with Gasteiger partial charge in [-0.3, -0.25) is 9.36 Å². The summed E-state index contributed by atoms with van der Waals surface area (Å²) in [5.74, 6) is -0.157. The molecule has 1 aliphatic rings. The fourth-order valence-corrected chi connectivity index (χ4v) is 2.99. The van der Waals surface area contributed by atoms with E-state index in [1.807, 2.05) is 37.3 Å². The van der Waals surface area contributed by atoms with Gasteiger partial charge >= 0.3 is 12.1 Å². The number of fused-ring (bicyclic) bond motifs is 1. The fraction of sp³-hybridized carbons (Fsp3) is 0.316. The minimum atomic E-state index is -0.473. The molecule has 0 aliphatic carbocycles. The minimum absolute atomic E-state index is 0.0891. The molecule has 0 saturated heterocycles. The monoisotopic (exact) mass is 339 g/mol. The highest BCUT2D eigenvalue weighted by Gasteiger charge is 2.33. The molecule has 0 radical (unpaired) electrons. The molecule has 25 heavy (non-hydrogen) atoms. The van der Waals surface area contributed by atoms with Gasteiger partial charge in [0.15, 0.2) is 5.78 Å². The highest BCUT2D eigenvalue weighted by Crippen LogP contribution is 2.32. The van der Waals surface area contributed by atoms with E-state index in [9.17, 15) is 9.59 Å². The van der Waals surface area contributed by atoms with E-state index in [1.54, 1.807) is 21.7 Å². The van der Waals surface area contributed by atoms with Crippen molar-refractivity contribution in [1.29, 1.82) is 0 Å². The molecule has 1 unspecified atom stereocenters. The van der Waals surface area contributed by atoms with Gasteiger partial charge in [0.1, 0.15) is 0 Å². The Labute approximate surface area is 146 Å². The van der Waals surface area contributed by atoms with Gasteiger partial charge in [-0.25, -0.2) is 9.78 Å². The molecule has 1 aromatic carbocycles. The van der Waals surface area contributed by atoms with Gasteiger partial charge in [-0.2, -0.15) is 0 Å². The fourth-order valence-electron chi connectivity index (χ4n) is 2.99. The van der Waals surface area contributed by atoms with Crippen LogP contribution in [0.15, 0.2) is 49.2 Å². The lowest BCUT2D eigenvalue weighted by molar-refractivity contribution is -0.119. The summed E-state index contributed by atoms with van der Waals surface area (Å²) in [6, 6.07) is 9.89. The Hall–Kier alpha value is -2.89. The van der Waals surface area contributed by atoms with Gasteiger partial charge in [0.05, 0.1) is 24.4 Å². The Balaban J connectivity index is 1.72. The van der Waals surface area contributed by atoms with Crippen LogP contribution in [0, 0.1) is 0 Å². The largest absolute Gasteiger partial charge is 0.417 e. The second-order valence-electron chi connectivity index (χ2n) is 5.96. The molecule has 2 aromatic rings. The summed E-state index contributed by atoms with van der Waals surface area (Å²) in [6.07, 6.45) is 3.41. The zero-order valence-corrected chi connectivity index (χ0v) is 14.2. The predicted molar refractivity (Wildman–Crippen MR) is 93.3 cm³/mol. The molecule has 0 saturated carbocycles.